The normalized spacial score (nSPS) is 12.9. The summed E-state index contributed by atoms with van der Waals surface area (Å²) in [7, 11) is 0. The van der Waals surface area contributed by atoms with E-state index in [-0.39, 0.29) is 0 Å². The number of aryl methyl sites for hydroxylation is 2. The third-order valence-electron chi connectivity index (χ3n) is 2.89. The van der Waals surface area contributed by atoms with Crippen LogP contribution in [0.2, 0.25) is 0 Å². The van der Waals surface area contributed by atoms with Crippen LogP contribution in [-0.4, -0.2) is 6.54 Å². The first-order chi connectivity index (χ1) is 8.22. The number of hydrogen-bond acceptors (Lipinski definition) is 3. The van der Waals surface area contributed by atoms with Gasteiger partial charge in [0.05, 0.1) is 6.04 Å². The van der Waals surface area contributed by atoms with E-state index in [1.165, 1.54) is 28.0 Å². The lowest BCUT2D eigenvalue weighted by Crippen LogP contribution is -2.22. The van der Waals surface area contributed by atoms with Gasteiger partial charge in [-0.2, -0.15) is 11.3 Å². The van der Waals surface area contributed by atoms with Gasteiger partial charge in [0.1, 0.15) is 0 Å². The van der Waals surface area contributed by atoms with Crippen molar-refractivity contribution in [2.45, 2.75) is 33.2 Å². The molecule has 0 radical (unpaired) electrons. The van der Waals surface area contributed by atoms with E-state index in [2.05, 4.69) is 48.3 Å². The molecule has 2 aromatic heterocycles. The number of nitrogens with one attached hydrogen (secondary N) is 1. The molecule has 3 heteroatoms. The van der Waals surface area contributed by atoms with Gasteiger partial charge in [0.15, 0.2) is 0 Å². The molecule has 0 saturated carbocycles. The fourth-order valence-corrected chi connectivity index (χ4v) is 3.58. The van der Waals surface area contributed by atoms with E-state index < -0.39 is 0 Å². The van der Waals surface area contributed by atoms with Crippen molar-refractivity contribution in [1.29, 1.82) is 0 Å². The van der Waals surface area contributed by atoms with Crippen molar-refractivity contribution < 1.29 is 0 Å². The van der Waals surface area contributed by atoms with E-state index in [1.54, 1.807) is 11.3 Å². The predicted molar refractivity (Wildman–Crippen MR) is 78.2 cm³/mol. The molecular formula is C14H19NS2. The monoisotopic (exact) mass is 265 g/mol. The van der Waals surface area contributed by atoms with Gasteiger partial charge in [0, 0.05) is 4.88 Å². The van der Waals surface area contributed by atoms with Gasteiger partial charge >= 0.3 is 0 Å². The Bertz CT molecular complexity index is 470. The topological polar surface area (TPSA) is 12.0 Å². The molecule has 1 unspecified atom stereocenters. The van der Waals surface area contributed by atoms with Crippen LogP contribution in [0.4, 0.5) is 0 Å². The minimum absolute atomic E-state index is 0.367. The maximum atomic E-state index is 3.66. The van der Waals surface area contributed by atoms with Crippen molar-refractivity contribution in [1.82, 2.24) is 5.32 Å². The largest absolute Gasteiger partial charge is 0.306 e. The van der Waals surface area contributed by atoms with Crippen LogP contribution in [0.25, 0.3) is 0 Å². The highest BCUT2D eigenvalue weighted by Crippen LogP contribution is 2.30. The predicted octanol–water partition coefficient (Wildman–Crippen LogP) is 4.52. The molecule has 2 heterocycles. The highest BCUT2D eigenvalue weighted by molar-refractivity contribution is 7.10. The quantitative estimate of drug-likeness (QED) is 0.838. The average Bonchev–Trinajstić information content (AvgIpc) is 2.90. The Hall–Kier alpha value is -0.640. The number of rotatable bonds is 5. The fraction of sp³-hybridized carbons (Fsp3) is 0.429. The zero-order chi connectivity index (χ0) is 12.3. The second-order valence-corrected chi connectivity index (χ2v) is 6.25. The SMILES string of the molecule is CCCNC(c1csc(C)c1)c1cscc1C. The van der Waals surface area contributed by atoms with Gasteiger partial charge in [0.25, 0.3) is 0 Å². The minimum atomic E-state index is 0.367. The summed E-state index contributed by atoms with van der Waals surface area (Å²) in [6, 6.07) is 2.67. The first kappa shape index (κ1) is 12.8. The number of thiophene rings is 2. The summed E-state index contributed by atoms with van der Waals surface area (Å²) in [5.41, 5.74) is 4.23. The molecule has 92 valence electrons. The number of hydrogen-bond donors (Lipinski definition) is 1. The molecule has 0 aliphatic heterocycles. The van der Waals surface area contributed by atoms with Crippen molar-refractivity contribution >= 4 is 22.7 Å². The van der Waals surface area contributed by atoms with E-state index in [0.717, 1.165) is 6.54 Å². The summed E-state index contributed by atoms with van der Waals surface area (Å²) in [4.78, 5) is 1.39. The Kier molecular flexibility index (Phi) is 4.37. The summed E-state index contributed by atoms with van der Waals surface area (Å²) in [6.07, 6.45) is 1.17. The molecule has 0 saturated heterocycles. The molecule has 2 rings (SSSR count). The van der Waals surface area contributed by atoms with E-state index in [4.69, 9.17) is 0 Å². The second-order valence-electron chi connectivity index (χ2n) is 4.39. The molecule has 0 amide bonds. The summed E-state index contributed by atoms with van der Waals surface area (Å²) in [5.74, 6) is 0. The van der Waals surface area contributed by atoms with Crippen LogP contribution in [0.3, 0.4) is 0 Å². The summed E-state index contributed by atoms with van der Waals surface area (Å²) < 4.78 is 0. The van der Waals surface area contributed by atoms with E-state index in [1.807, 2.05) is 11.3 Å². The van der Waals surface area contributed by atoms with Crippen molar-refractivity contribution in [3.63, 3.8) is 0 Å². The third kappa shape index (κ3) is 2.97. The third-order valence-corrected chi connectivity index (χ3v) is 4.65. The smallest absolute Gasteiger partial charge is 0.0595 e. The maximum absolute atomic E-state index is 3.66. The molecule has 0 aromatic carbocycles. The maximum Gasteiger partial charge on any atom is 0.0595 e. The first-order valence-corrected chi connectivity index (χ1v) is 7.85. The lowest BCUT2D eigenvalue weighted by atomic mass is 10.0. The minimum Gasteiger partial charge on any atom is -0.306 e. The van der Waals surface area contributed by atoms with Crippen molar-refractivity contribution in [3.8, 4) is 0 Å². The molecule has 1 atom stereocenters. The summed E-state index contributed by atoms with van der Waals surface area (Å²) in [5, 5.41) is 10.4. The van der Waals surface area contributed by atoms with E-state index in [9.17, 15) is 0 Å². The van der Waals surface area contributed by atoms with Crippen LogP contribution in [0.15, 0.2) is 22.2 Å². The average molecular weight is 265 g/mol. The summed E-state index contributed by atoms with van der Waals surface area (Å²) >= 11 is 3.63. The second kappa shape index (κ2) is 5.80. The molecule has 0 fully saturated rings. The molecular weight excluding hydrogens is 246 g/mol. The Morgan fingerprint density at radius 2 is 2.06 bits per heavy atom. The zero-order valence-corrected chi connectivity index (χ0v) is 12.3. The molecule has 0 bridgehead atoms. The van der Waals surface area contributed by atoms with Gasteiger partial charge in [-0.1, -0.05) is 6.92 Å². The van der Waals surface area contributed by atoms with Crippen LogP contribution in [0.5, 0.6) is 0 Å². The Labute approximate surface area is 112 Å². The Morgan fingerprint density at radius 1 is 1.24 bits per heavy atom. The van der Waals surface area contributed by atoms with Gasteiger partial charge in [-0.15, -0.1) is 11.3 Å². The Morgan fingerprint density at radius 3 is 2.59 bits per heavy atom. The van der Waals surface area contributed by atoms with Gasteiger partial charge in [0.2, 0.25) is 0 Å². The van der Waals surface area contributed by atoms with Gasteiger partial charge in [-0.25, -0.2) is 0 Å². The van der Waals surface area contributed by atoms with Gasteiger partial charge < -0.3 is 5.32 Å². The Balaban J connectivity index is 2.28. The highest BCUT2D eigenvalue weighted by atomic mass is 32.1. The fourth-order valence-electron chi connectivity index (χ4n) is 1.98. The van der Waals surface area contributed by atoms with Crippen molar-refractivity contribution in [2.24, 2.45) is 0 Å². The van der Waals surface area contributed by atoms with Crippen LogP contribution in [0.1, 0.15) is 41.0 Å². The van der Waals surface area contributed by atoms with Crippen LogP contribution < -0.4 is 5.32 Å². The van der Waals surface area contributed by atoms with E-state index >= 15 is 0 Å². The molecule has 1 nitrogen and oxygen atoms in total. The molecule has 2 aromatic rings. The van der Waals surface area contributed by atoms with E-state index in [0.29, 0.717) is 6.04 Å². The highest BCUT2D eigenvalue weighted by Gasteiger charge is 2.16. The molecule has 17 heavy (non-hydrogen) atoms. The molecule has 0 aliphatic rings. The molecule has 0 spiro atoms. The first-order valence-electron chi connectivity index (χ1n) is 6.03. The zero-order valence-electron chi connectivity index (χ0n) is 10.6. The van der Waals surface area contributed by atoms with Crippen molar-refractivity contribution in [2.75, 3.05) is 6.54 Å². The van der Waals surface area contributed by atoms with Crippen LogP contribution in [0, 0.1) is 13.8 Å². The lowest BCUT2D eigenvalue weighted by Gasteiger charge is -2.17. The van der Waals surface area contributed by atoms with Crippen LogP contribution in [-0.2, 0) is 0 Å². The van der Waals surface area contributed by atoms with Crippen molar-refractivity contribution in [3.05, 3.63) is 43.8 Å². The molecule has 0 aliphatic carbocycles. The lowest BCUT2D eigenvalue weighted by molar-refractivity contribution is 0.599. The van der Waals surface area contributed by atoms with Gasteiger partial charge in [-0.3, -0.25) is 0 Å². The molecule has 1 N–H and O–H groups in total. The van der Waals surface area contributed by atoms with Gasteiger partial charge in [-0.05, 0) is 65.7 Å². The summed E-state index contributed by atoms with van der Waals surface area (Å²) in [6.45, 7) is 7.65. The standard InChI is InChI=1S/C14H19NS2/c1-4-5-15-14(12-6-11(3)17-8-12)13-9-16-7-10(13)2/h6-9,14-15H,4-5H2,1-3H3. The van der Waals surface area contributed by atoms with Crippen LogP contribution >= 0.6 is 22.7 Å².